The van der Waals surface area contributed by atoms with Gasteiger partial charge in [-0.15, -0.1) is 0 Å². The van der Waals surface area contributed by atoms with Gasteiger partial charge < -0.3 is 15.3 Å². The molecule has 1 aromatic rings. The molecule has 1 aliphatic heterocycles. The lowest BCUT2D eigenvalue weighted by Gasteiger charge is -2.32. The van der Waals surface area contributed by atoms with Crippen LogP contribution in [0.4, 0.5) is 11.4 Å². The van der Waals surface area contributed by atoms with Gasteiger partial charge in [0.05, 0.1) is 4.92 Å². The second-order valence-corrected chi connectivity index (χ2v) is 5.15. The summed E-state index contributed by atoms with van der Waals surface area (Å²) < 4.78 is 0. The van der Waals surface area contributed by atoms with Gasteiger partial charge in [-0.2, -0.15) is 0 Å². The van der Waals surface area contributed by atoms with Crippen molar-refractivity contribution in [2.24, 2.45) is 5.92 Å². The minimum absolute atomic E-state index is 0.00472. The number of carbonyl (C=O) groups excluding carboxylic acids is 1. The molecule has 1 fully saturated rings. The number of piperidine rings is 1. The molecule has 0 aliphatic carbocycles. The molecule has 0 aromatic heterocycles. The van der Waals surface area contributed by atoms with Gasteiger partial charge in [0.25, 0.3) is 11.6 Å². The van der Waals surface area contributed by atoms with E-state index < -0.39 is 4.92 Å². The largest absolute Gasteiger partial charge is 0.396 e. The molecule has 1 saturated heterocycles. The summed E-state index contributed by atoms with van der Waals surface area (Å²) in [6.45, 7) is 1.43. The predicted molar refractivity (Wildman–Crippen MR) is 78.5 cm³/mol. The second-order valence-electron chi connectivity index (χ2n) is 5.15. The number of nitrogens with zero attached hydrogens (tertiary/aromatic N) is 2. The minimum atomic E-state index is -0.429. The Kier molecular flexibility index (Phi) is 4.74. The quantitative estimate of drug-likeness (QED) is 0.641. The number of hydrogen-bond acceptors (Lipinski definition) is 5. The van der Waals surface area contributed by atoms with Gasteiger partial charge >= 0.3 is 0 Å². The molecule has 7 nitrogen and oxygen atoms in total. The number of aliphatic hydroxyl groups excluding tert-OH is 1. The summed E-state index contributed by atoms with van der Waals surface area (Å²) >= 11 is 0. The Morgan fingerprint density at radius 2 is 2.14 bits per heavy atom. The highest BCUT2D eigenvalue weighted by atomic mass is 16.6. The molecule has 1 aliphatic rings. The zero-order chi connectivity index (χ0) is 15.4. The van der Waals surface area contributed by atoms with Crippen molar-refractivity contribution in [1.29, 1.82) is 0 Å². The second kappa shape index (κ2) is 6.53. The van der Waals surface area contributed by atoms with Gasteiger partial charge in [-0.3, -0.25) is 14.9 Å². The molecule has 0 saturated carbocycles. The zero-order valence-corrected chi connectivity index (χ0v) is 11.9. The Labute approximate surface area is 122 Å². The summed E-state index contributed by atoms with van der Waals surface area (Å²) in [5, 5.41) is 22.8. The molecule has 0 radical (unpaired) electrons. The van der Waals surface area contributed by atoms with E-state index in [1.165, 1.54) is 19.2 Å². The van der Waals surface area contributed by atoms with Crippen molar-refractivity contribution in [3.05, 3.63) is 33.9 Å². The Morgan fingerprint density at radius 1 is 1.48 bits per heavy atom. The molecule has 1 aromatic carbocycles. The van der Waals surface area contributed by atoms with Crippen molar-refractivity contribution in [2.45, 2.75) is 12.8 Å². The van der Waals surface area contributed by atoms with Crippen LogP contribution in [-0.2, 0) is 0 Å². The van der Waals surface area contributed by atoms with Crippen LogP contribution in [0, 0.1) is 16.0 Å². The summed E-state index contributed by atoms with van der Waals surface area (Å²) in [6.07, 6.45) is 1.58. The van der Waals surface area contributed by atoms with Crippen molar-refractivity contribution in [1.82, 2.24) is 5.32 Å². The number of nitro groups is 1. The molecular formula is C14H19N3O4. The Morgan fingerprint density at radius 3 is 2.67 bits per heavy atom. The number of nitro benzene ring substituents is 1. The van der Waals surface area contributed by atoms with Crippen LogP contribution >= 0.6 is 0 Å². The predicted octanol–water partition coefficient (Wildman–Crippen LogP) is 1.16. The number of benzene rings is 1. The fourth-order valence-electron chi connectivity index (χ4n) is 2.57. The van der Waals surface area contributed by atoms with Crippen molar-refractivity contribution in [2.75, 3.05) is 31.6 Å². The molecule has 2 rings (SSSR count). The number of amides is 1. The van der Waals surface area contributed by atoms with E-state index in [9.17, 15) is 14.9 Å². The molecule has 0 unspecified atom stereocenters. The van der Waals surface area contributed by atoms with Gasteiger partial charge in [0.2, 0.25) is 0 Å². The summed E-state index contributed by atoms with van der Waals surface area (Å²) in [5.41, 5.74) is 0.880. The first-order valence-corrected chi connectivity index (χ1v) is 6.93. The van der Waals surface area contributed by atoms with Gasteiger partial charge in [-0.25, -0.2) is 0 Å². The van der Waals surface area contributed by atoms with Crippen LogP contribution in [0.5, 0.6) is 0 Å². The van der Waals surface area contributed by atoms with Crippen LogP contribution in [-0.4, -0.2) is 42.7 Å². The zero-order valence-electron chi connectivity index (χ0n) is 11.9. The molecule has 2 N–H and O–H groups in total. The third kappa shape index (κ3) is 3.30. The van der Waals surface area contributed by atoms with E-state index >= 15 is 0 Å². The van der Waals surface area contributed by atoms with Crippen LogP contribution in [0.3, 0.4) is 0 Å². The summed E-state index contributed by atoms with van der Waals surface area (Å²) in [7, 11) is 1.52. The lowest BCUT2D eigenvalue weighted by Crippen LogP contribution is -2.35. The number of hydrogen-bond donors (Lipinski definition) is 2. The number of nitrogens with one attached hydrogen (secondary N) is 1. The average molecular weight is 293 g/mol. The smallest absolute Gasteiger partial charge is 0.292 e. The maximum Gasteiger partial charge on any atom is 0.292 e. The molecule has 21 heavy (non-hydrogen) atoms. The van der Waals surface area contributed by atoms with Gasteiger partial charge in [-0.05, 0) is 30.9 Å². The first kappa shape index (κ1) is 15.2. The van der Waals surface area contributed by atoms with Gasteiger partial charge in [0.15, 0.2) is 0 Å². The van der Waals surface area contributed by atoms with Crippen molar-refractivity contribution < 1.29 is 14.8 Å². The third-order valence-electron chi connectivity index (χ3n) is 3.87. The molecule has 114 valence electrons. The molecule has 1 amide bonds. The Bertz CT molecular complexity index is 539. The number of anilines is 1. The number of carbonyl (C=O) groups is 1. The van der Waals surface area contributed by atoms with Gasteiger partial charge in [0.1, 0.15) is 5.69 Å². The maximum atomic E-state index is 11.7. The lowest BCUT2D eigenvalue weighted by molar-refractivity contribution is -0.384. The van der Waals surface area contributed by atoms with Crippen LogP contribution in [0.1, 0.15) is 23.2 Å². The standard InChI is InChI=1S/C14H19N3O4/c1-15-14(19)11-2-3-12(17(20)21)13(8-11)16-6-4-10(9-18)5-7-16/h2-3,8,10,18H,4-7,9H2,1H3,(H,15,19). The van der Waals surface area contributed by atoms with Crippen molar-refractivity contribution in [3.63, 3.8) is 0 Å². The first-order valence-electron chi connectivity index (χ1n) is 6.93. The van der Waals surface area contributed by atoms with E-state index in [0.717, 1.165) is 12.8 Å². The highest BCUT2D eigenvalue weighted by Crippen LogP contribution is 2.32. The fourth-order valence-corrected chi connectivity index (χ4v) is 2.57. The van der Waals surface area contributed by atoms with Crippen LogP contribution in [0.15, 0.2) is 18.2 Å². The molecule has 0 spiro atoms. The van der Waals surface area contributed by atoms with E-state index in [2.05, 4.69) is 5.32 Å². The molecule has 0 atom stereocenters. The van der Waals surface area contributed by atoms with Crippen molar-refractivity contribution in [3.8, 4) is 0 Å². The van der Waals surface area contributed by atoms with Crippen LogP contribution < -0.4 is 10.2 Å². The third-order valence-corrected chi connectivity index (χ3v) is 3.87. The van der Waals surface area contributed by atoms with Gasteiger partial charge in [0, 0.05) is 38.4 Å². The Balaban J connectivity index is 2.31. The normalized spacial score (nSPS) is 15.8. The Hall–Kier alpha value is -2.15. The highest BCUT2D eigenvalue weighted by Gasteiger charge is 2.25. The average Bonchev–Trinajstić information content (AvgIpc) is 2.53. The van der Waals surface area contributed by atoms with E-state index in [-0.39, 0.29) is 24.1 Å². The van der Waals surface area contributed by atoms with E-state index in [4.69, 9.17) is 5.11 Å². The monoisotopic (exact) mass is 293 g/mol. The summed E-state index contributed by atoms with van der Waals surface area (Å²) in [4.78, 5) is 24.4. The SMILES string of the molecule is CNC(=O)c1ccc([N+](=O)[O-])c(N2CCC(CO)CC2)c1. The summed E-state index contributed by atoms with van der Waals surface area (Å²) in [6, 6.07) is 4.40. The van der Waals surface area contributed by atoms with E-state index in [0.29, 0.717) is 24.3 Å². The maximum absolute atomic E-state index is 11.7. The highest BCUT2D eigenvalue weighted by molar-refractivity contribution is 5.95. The molecule has 0 bridgehead atoms. The van der Waals surface area contributed by atoms with E-state index in [1.54, 1.807) is 6.07 Å². The topological polar surface area (TPSA) is 95.7 Å². The summed E-state index contributed by atoms with van der Waals surface area (Å²) in [5.74, 6) is -0.0150. The van der Waals surface area contributed by atoms with Crippen LogP contribution in [0.2, 0.25) is 0 Å². The fraction of sp³-hybridized carbons (Fsp3) is 0.500. The molecule has 7 heteroatoms. The first-order chi connectivity index (χ1) is 10.1. The number of aliphatic hydroxyl groups is 1. The van der Waals surface area contributed by atoms with E-state index in [1.807, 2.05) is 4.90 Å². The van der Waals surface area contributed by atoms with Crippen LogP contribution in [0.25, 0.3) is 0 Å². The minimum Gasteiger partial charge on any atom is -0.396 e. The molecule has 1 heterocycles. The van der Waals surface area contributed by atoms with Gasteiger partial charge in [-0.1, -0.05) is 0 Å². The number of rotatable bonds is 4. The van der Waals surface area contributed by atoms with Crippen molar-refractivity contribution >= 4 is 17.3 Å². The molecular weight excluding hydrogens is 274 g/mol. The lowest BCUT2D eigenvalue weighted by atomic mass is 9.97.